The van der Waals surface area contributed by atoms with Crippen molar-refractivity contribution < 1.29 is 15.3 Å². The molecule has 3 N–H and O–H groups in total. The lowest BCUT2D eigenvalue weighted by Crippen LogP contribution is -2.60. The minimum Gasteiger partial charge on any atom is -0.389 e. The molecule has 20 heavy (non-hydrogen) atoms. The number of nitrogens with zero attached hydrogens (tertiary/aromatic N) is 1. The van der Waals surface area contributed by atoms with Crippen molar-refractivity contribution in [3.8, 4) is 0 Å². The largest absolute Gasteiger partial charge is 0.389 e. The van der Waals surface area contributed by atoms with Crippen LogP contribution in [0.4, 0.5) is 0 Å². The number of hydrogen-bond acceptors (Lipinski definition) is 4. The summed E-state index contributed by atoms with van der Waals surface area (Å²) in [7, 11) is 0. The average Bonchev–Trinajstić information content (AvgIpc) is 3.28. The molecule has 0 bridgehead atoms. The van der Waals surface area contributed by atoms with Gasteiger partial charge in [-0.2, -0.15) is 0 Å². The molecule has 116 valence electrons. The third-order valence-electron chi connectivity index (χ3n) is 5.91. The number of β-amino-alcohol motifs (C(OH)–C–C–N with tert-alkyl or cyclic N) is 1. The lowest BCUT2D eigenvalue weighted by Gasteiger charge is -2.44. The number of aliphatic hydroxyl groups is 3. The quantitative estimate of drug-likeness (QED) is 0.723. The van der Waals surface area contributed by atoms with Crippen molar-refractivity contribution >= 4 is 0 Å². The molecule has 3 aliphatic rings. The summed E-state index contributed by atoms with van der Waals surface area (Å²) in [5.74, 6) is 2.70. The molecule has 3 rings (SSSR count). The second-order valence-corrected chi connectivity index (χ2v) is 7.36. The highest BCUT2D eigenvalue weighted by Crippen LogP contribution is 2.45. The van der Waals surface area contributed by atoms with E-state index in [0.717, 1.165) is 18.4 Å². The number of rotatable bonds is 3. The van der Waals surface area contributed by atoms with Crippen LogP contribution >= 0.6 is 0 Å². The second kappa shape index (κ2) is 5.91. The third kappa shape index (κ3) is 3.03. The van der Waals surface area contributed by atoms with Crippen LogP contribution in [0, 0.1) is 17.8 Å². The van der Waals surface area contributed by atoms with Crippen LogP contribution in [0.3, 0.4) is 0 Å². The smallest absolute Gasteiger partial charge is 0.108 e. The molecule has 0 aromatic rings. The van der Waals surface area contributed by atoms with Crippen molar-refractivity contribution in [3.05, 3.63) is 0 Å². The Labute approximate surface area is 121 Å². The van der Waals surface area contributed by atoms with Gasteiger partial charge in [-0.3, -0.25) is 4.90 Å². The summed E-state index contributed by atoms with van der Waals surface area (Å²) in [5.41, 5.74) is 0. The topological polar surface area (TPSA) is 63.9 Å². The Bertz CT molecular complexity index is 326. The van der Waals surface area contributed by atoms with E-state index in [1.807, 2.05) is 6.92 Å². The fourth-order valence-electron chi connectivity index (χ4n) is 4.23. The highest BCUT2D eigenvalue weighted by Gasteiger charge is 2.40. The summed E-state index contributed by atoms with van der Waals surface area (Å²) in [5, 5.41) is 29.5. The van der Waals surface area contributed by atoms with Gasteiger partial charge in [-0.15, -0.1) is 0 Å². The van der Waals surface area contributed by atoms with Gasteiger partial charge < -0.3 is 15.3 Å². The highest BCUT2D eigenvalue weighted by molar-refractivity contribution is 4.93. The van der Waals surface area contributed by atoms with Gasteiger partial charge in [-0.1, -0.05) is 0 Å². The Balaban J connectivity index is 1.50. The van der Waals surface area contributed by atoms with E-state index in [-0.39, 0.29) is 6.04 Å². The van der Waals surface area contributed by atoms with Crippen LogP contribution in [0.1, 0.15) is 45.4 Å². The molecule has 0 amide bonds. The van der Waals surface area contributed by atoms with Crippen molar-refractivity contribution in [2.75, 3.05) is 13.1 Å². The van der Waals surface area contributed by atoms with Crippen LogP contribution < -0.4 is 0 Å². The van der Waals surface area contributed by atoms with Crippen LogP contribution in [0.25, 0.3) is 0 Å². The Kier molecular flexibility index (Phi) is 4.37. The zero-order chi connectivity index (χ0) is 14.3. The van der Waals surface area contributed by atoms with Crippen molar-refractivity contribution in [3.63, 3.8) is 0 Å². The van der Waals surface area contributed by atoms with Crippen LogP contribution in [-0.2, 0) is 0 Å². The lowest BCUT2D eigenvalue weighted by molar-refractivity contribution is -0.136. The summed E-state index contributed by atoms with van der Waals surface area (Å²) < 4.78 is 0. The molecular weight excluding hydrogens is 254 g/mol. The van der Waals surface area contributed by atoms with Crippen LogP contribution in [0.2, 0.25) is 0 Å². The predicted molar refractivity (Wildman–Crippen MR) is 77.2 cm³/mol. The molecule has 0 aromatic heterocycles. The lowest BCUT2D eigenvalue weighted by atomic mass is 9.79. The fourth-order valence-corrected chi connectivity index (χ4v) is 4.23. The van der Waals surface area contributed by atoms with E-state index in [9.17, 15) is 15.3 Å². The van der Waals surface area contributed by atoms with Crippen LogP contribution in [-0.4, -0.2) is 57.7 Å². The van der Waals surface area contributed by atoms with Crippen LogP contribution in [0.15, 0.2) is 0 Å². The monoisotopic (exact) mass is 283 g/mol. The molecule has 0 unspecified atom stereocenters. The Hall–Kier alpha value is -0.160. The molecule has 2 saturated carbocycles. The van der Waals surface area contributed by atoms with Gasteiger partial charge in [0.25, 0.3) is 0 Å². The number of aliphatic hydroxyl groups excluding tert-OH is 3. The van der Waals surface area contributed by atoms with Crippen LogP contribution in [0.5, 0.6) is 0 Å². The van der Waals surface area contributed by atoms with Crippen molar-refractivity contribution in [1.82, 2.24) is 4.90 Å². The van der Waals surface area contributed by atoms with Gasteiger partial charge in [0.05, 0.1) is 12.2 Å². The molecule has 1 saturated heterocycles. The maximum Gasteiger partial charge on any atom is 0.108 e. The molecule has 4 nitrogen and oxygen atoms in total. The molecule has 0 radical (unpaired) electrons. The normalized spacial score (nSPS) is 47.4. The van der Waals surface area contributed by atoms with E-state index in [1.54, 1.807) is 0 Å². The summed E-state index contributed by atoms with van der Waals surface area (Å²) in [6.07, 6.45) is 5.58. The predicted octanol–water partition coefficient (Wildman–Crippen LogP) is 0.990. The molecule has 1 heterocycles. The molecule has 1 aliphatic heterocycles. The van der Waals surface area contributed by atoms with E-state index in [0.29, 0.717) is 12.5 Å². The molecular formula is C16H29NO3. The van der Waals surface area contributed by atoms with Gasteiger partial charge in [-0.25, -0.2) is 0 Å². The van der Waals surface area contributed by atoms with Crippen molar-refractivity contribution in [2.24, 2.45) is 17.8 Å². The first-order chi connectivity index (χ1) is 9.56. The first-order valence-electron chi connectivity index (χ1n) is 8.34. The van der Waals surface area contributed by atoms with Gasteiger partial charge in [0, 0.05) is 19.1 Å². The van der Waals surface area contributed by atoms with Crippen molar-refractivity contribution in [1.29, 1.82) is 0 Å². The molecule has 3 fully saturated rings. The van der Waals surface area contributed by atoms with Gasteiger partial charge in [-0.05, 0) is 63.2 Å². The van der Waals surface area contributed by atoms with E-state index < -0.39 is 18.3 Å². The SMILES string of the molecule is C[C@@H]1[C@@H](O)[C@H](O)[C@@H](O)CN1C[C@H]1CC[C@H](C2CC2)CC1. The molecule has 4 heteroatoms. The average molecular weight is 283 g/mol. The van der Waals surface area contributed by atoms with Gasteiger partial charge >= 0.3 is 0 Å². The minimum absolute atomic E-state index is 0.0606. The minimum atomic E-state index is -0.994. The standard InChI is InChI=1S/C16H29NO3/c1-10-15(19)16(20)14(18)9-17(10)8-11-2-4-12(5-3-11)13-6-7-13/h10-16,18-20H,2-9H2,1H3/t10-,11-,12-,14+,15-,16-/m1/s1. The zero-order valence-electron chi connectivity index (χ0n) is 12.5. The zero-order valence-corrected chi connectivity index (χ0v) is 12.5. The van der Waals surface area contributed by atoms with E-state index in [1.165, 1.54) is 38.5 Å². The maximum atomic E-state index is 9.99. The first kappa shape index (κ1) is 14.8. The first-order valence-corrected chi connectivity index (χ1v) is 8.34. The van der Waals surface area contributed by atoms with E-state index in [4.69, 9.17) is 0 Å². The highest BCUT2D eigenvalue weighted by atomic mass is 16.4. The number of likely N-dealkylation sites (tertiary alicyclic amines) is 1. The summed E-state index contributed by atoms with van der Waals surface area (Å²) in [6, 6.07) is -0.0606. The van der Waals surface area contributed by atoms with E-state index >= 15 is 0 Å². The summed E-state index contributed by atoms with van der Waals surface area (Å²) in [6.45, 7) is 3.40. The Morgan fingerprint density at radius 2 is 1.40 bits per heavy atom. The molecule has 0 aromatic carbocycles. The molecule has 4 atom stereocenters. The summed E-state index contributed by atoms with van der Waals surface area (Å²) >= 11 is 0. The van der Waals surface area contributed by atoms with Gasteiger partial charge in [0.2, 0.25) is 0 Å². The Morgan fingerprint density at radius 1 is 0.850 bits per heavy atom. The number of hydrogen-bond donors (Lipinski definition) is 3. The fraction of sp³-hybridized carbons (Fsp3) is 1.00. The van der Waals surface area contributed by atoms with E-state index in [2.05, 4.69) is 4.90 Å². The third-order valence-corrected chi connectivity index (χ3v) is 5.91. The molecule has 2 aliphatic carbocycles. The van der Waals surface area contributed by atoms with Gasteiger partial charge in [0.15, 0.2) is 0 Å². The number of piperidine rings is 1. The van der Waals surface area contributed by atoms with Gasteiger partial charge in [0.1, 0.15) is 6.10 Å². The maximum absolute atomic E-state index is 9.99. The van der Waals surface area contributed by atoms with Crippen molar-refractivity contribution in [2.45, 2.75) is 69.8 Å². The second-order valence-electron chi connectivity index (χ2n) is 7.36. The molecule has 0 spiro atoms. The Morgan fingerprint density at radius 3 is 1.95 bits per heavy atom. The summed E-state index contributed by atoms with van der Waals surface area (Å²) in [4.78, 5) is 2.17.